The molecule has 2 amide bonds. The topological polar surface area (TPSA) is 70.6 Å². The van der Waals surface area contributed by atoms with Crippen LogP contribution in [-0.2, 0) is 4.79 Å². The van der Waals surface area contributed by atoms with Crippen LogP contribution in [0.15, 0.2) is 53.6 Å². The largest absolute Gasteiger partial charge is 0.343 e. The van der Waals surface area contributed by atoms with Crippen molar-refractivity contribution in [3.8, 4) is 0 Å². The molecule has 7 heteroatoms. The third kappa shape index (κ3) is 4.89. The first-order valence-corrected chi connectivity index (χ1v) is 7.47. The van der Waals surface area contributed by atoms with Crippen LogP contribution in [0.5, 0.6) is 0 Å². The van der Waals surface area contributed by atoms with Gasteiger partial charge in [0.25, 0.3) is 11.8 Å². The van der Waals surface area contributed by atoms with E-state index >= 15 is 0 Å². The van der Waals surface area contributed by atoms with Crippen molar-refractivity contribution in [3.05, 3.63) is 70.5 Å². The number of hydrogen-bond acceptors (Lipinski definition) is 3. The van der Waals surface area contributed by atoms with Gasteiger partial charge in [0, 0.05) is 5.02 Å². The van der Waals surface area contributed by atoms with Gasteiger partial charge in [-0.05, 0) is 36.8 Å². The third-order valence-electron chi connectivity index (χ3n) is 3.14. The van der Waals surface area contributed by atoms with Crippen LogP contribution in [0.2, 0.25) is 5.02 Å². The van der Waals surface area contributed by atoms with Gasteiger partial charge < -0.3 is 5.32 Å². The second-order valence-electron chi connectivity index (χ2n) is 4.90. The zero-order valence-electron chi connectivity index (χ0n) is 12.8. The Kier molecular flexibility index (Phi) is 6.03. The van der Waals surface area contributed by atoms with Gasteiger partial charge in [-0.2, -0.15) is 5.10 Å². The van der Waals surface area contributed by atoms with E-state index < -0.39 is 17.6 Å². The highest BCUT2D eigenvalue weighted by molar-refractivity contribution is 6.30. The molecule has 5 nitrogen and oxygen atoms in total. The molecule has 0 radical (unpaired) electrons. The Balaban J connectivity index is 1.87. The number of nitrogens with one attached hydrogen (secondary N) is 2. The summed E-state index contributed by atoms with van der Waals surface area (Å²) in [5.74, 6) is -1.83. The van der Waals surface area contributed by atoms with E-state index in [2.05, 4.69) is 15.8 Å². The molecule has 0 saturated heterocycles. The fraction of sp³-hybridized carbons (Fsp3) is 0.118. The predicted octanol–water partition coefficient (Wildman–Crippen LogP) is 2.75. The molecule has 0 atom stereocenters. The molecule has 2 rings (SSSR count). The zero-order valence-corrected chi connectivity index (χ0v) is 13.6. The van der Waals surface area contributed by atoms with E-state index in [4.69, 9.17) is 11.6 Å². The Morgan fingerprint density at radius 3 is 2.46 bits per heavy atom. The Hall–Kier alpha value is -2.73. The number of benzene rings is 2. The summed E-state index contributed by atoms with van der Waals surface area (Å²) in [5, 5.41) is 6.88. The van der Waals surface area contributed by atoms with Crippen LogP contribution in [0.25, 0.3) is 0 Å². The van der Waals surface area contributed by atoms with Gasteiger partial charge in [-0.25, -0.2) is 9.82 Å². The lowest BCUT2D eigenvalue weighted by molar-refractivity contribution is -0.120. The van der Waals surface area contributed by atoms with Crippen molar-refractivity contribution < 1.29 is 14.0 Å². The minimum Gasteiger partial charge on any atom is -0.343 e. The molecule has 2 aromatic carbocycles. The molecule has 0 saturated carbocycles. The first-order valence-electron chi connectivity index (χ1n) is 7.09. The molecule has 0 aliphatic rings. The molecule has 0 aliphatic carbocycles. The Bertz CT molecular complexity index is 776. The molecular weight excluding hydrogens is 333 g/mol. The van der Waals surface area contributed by atoms with Gasteiger partial charge in [0.05, 0.1) is 17.8 Å². The van der Waals surface area contributed by atoms with Gasteiger partial charge in [-0.15, -0.1) is 0 Å². The summed E-state index contributed by atoms with van der Waals surface area (Å²) in [7, 11) is 0. The average Bonchev–Trinajstić information content (AvgIpc) is 2.58. The van der Waals surface area contributed by atoms with Crippen LogP contribution >= 0.6 is 11.6 Å². The van der Waals surface area contributed by atoms with Gasteiger partial charge in [0.1, 0.15) is 5.82 Å². The maximum absolute atomic E-state index is 13.4. The standard InChI is InChI=1S/C17H15ClFN3O2/c1-11(12-6-8-13(18)9-7-12)21-22-16(23)10-20-17(24)14-4-2-3-5-15(14)19/h2-9H,10H2,1H3,(H,20,24)(H,22,23). The van der Waals surface area contributed by atoms with Crippen molar-refractivity contribution in [2.75, 3.05) is 6.54 Å². The van der Waals surface area contributed by atoms with Crippen LogP contribution in [0.3, 0.4) is 0 Å². The van der Waals surface area contributed by atoms with Gasteiger partial charge in [0.2, 0.25) is 0 Å². The number of amides is 2. The zero-order chi connectivity index (χ0) is 17.5. The smallest absolute Gasteiger partial charge is 0.259 e. The predicted molar refractivity (Wildman–Crippen MR) is 90.5 cm³/mol. The summed E-state index contributed by atoms with van der Waals surface area (Å²) in [6.07, 6.45) is 0. The van der Waals surface area contributed by atoms with Crippen molar-refractivity contribution in [3.63, 3.8) is 0 Å². The van der Waals surface area contributed by atoms with Crippen molar-refractivity contribution in [2.24, 2.45) is 5.10 Å². The highest BCUT2D eigenvalue weighted by Gasteiger charge is 2.11. The average molecular weight is 348 g/mol. The molecule has 0 unspecified atom stereocenters. The van der Waals surface area contributed by atoms with Gasteiger partial charge in [-0.1, -0.05) is 35.9 Å². The summed E-state index contributed by atoms with van der Waals surface area (Å²) < 4.78 is 13.4. The number of carbonyl (C=O) groups excluding carboxylic acids is 2. The summed E-state index contributed by atoms with van der Waals surface area (Å²) in [6, 6.07) is 12.5. The van der Waals surface area contributed by atoms with Crippen LogP contribution in [0.1, 0.15) is 22.8 Å². The number of hydrogen-bond donors (Lipinski definition) is 2. The van der Waals surface area contributed by atoms with E-state index in [-0.39, 0.29) is 12.1 Å². The molecule has 0 aromatic heterocycles. The van der Waals surface area contributed by atoms with Crippen molar-refractivity contribution in [2.45, 2.75) is 6.92 Å². The Labute approximate surface area is 143 Å². The van der Waals surface area contributed by atoms with E-state index in [0.29, 0.717) is 10.7 Å². The van der Waals surface area contributed by atoms with Gasteiger partial charge in [-0.3, -0.25) is 9.59 Å². The first-order chi connectivity index (χ1) is 11.5. The molecule has 24 heavy (non-hydrogen) atoms. The molecular formula is C17H15ClFN3O2. The number of rotatable bonds is 5. The molecule has 0 aliphatic heterocycles. The molecule has 0 bridgehead atoms. The molecule has 0 spiro atoms. The maximum atomic E-state index is 13.4. The lowest BCUT2D eigenvalue weighted by Crippen LogP contribution is -2.35. The monoisotopic (exact) mass is 347 g/mol. The minimum atomic E-state index is -0.665. The molecule has 2 N–H and O–H groups in total. The molecule has 2 aromatic rings. The summed E-state index contributed by atoms with van der Waals surface area (Å²) in [6.45, 7) is 1.41. The van der Waals surface area contributed by atoms with E-state index in [0.717, 1.165) is 5.56 Å². The highest BCUT2D eigenvalue weighted by Crippen LogP contribution is 2.10. The third-order valence-corrected chi connectivity index (χ3v) is 3.39. The van der Waals surface area contributed by atoms with E-state index in [1.54, 1.807) is 31.2 Å². The summed E-state index contributed by atoms with van der Waals surface area (Å²) in [5.41, 5.74) is 3.59. The summed E-state index contributed by atoms with van der Waals surface area (Å²) >= 11 is 5.80. The van der Waals surface area contributed by atoms with E-state index in [9.17, 15) is 14.0 Å². The highest BCUT2D eigenvalue weighted by atomic mass is 35.5. The number of carbonyl (C=O) groups is 2. The van der Waals surface area contributed by atoms with Gasteiger partial charge >= 0.3 is 0 Å². The Morgan fingerprint density at radius 1 is 1.12 bits per heavy atom. The van der Waals surface area contributed by atoms with Crippen molar-refractivity contribution in [1.82, 2.24) is 10.7 Å². The fourth-order valence-electron chi connectivity index (χ4n) is 1.84. The quantitative estimate of drug-likeness (QED) is 0.645. The van der Waals surface area contributed by atoms with Crippen LogP contribution in [-0.4, -0.2) is 24.1 Å². The van der Waals surface area contributed by atoms with Crippen molar-refractivity contribution in [1.29, 1.82) is 0 Å². The number of nitrogens with zero attached hydrogens (tertiary/aromatic N) is 1. The van der Waals surface area contributed by atoms with Crippen LogP contribution in [0, 0.1) is 5.82 Å². The number of halogens is 2. The normalized spacial score (nSPS) is 11.0. The number of hydrazone groups is 1. The lowest BCUT2D eigenvalue weighted by Gasteiger charge is -2.06. The maximum Gasteiger partial charge on any atom is 0.259 e. The van der Waals surface area contributed by atoms with E-state index in [1.807, 2.05) is 0 Å². The second kappa shape index (κ2) is 8.21. The molecule has 0 fully saturated rings. The van der Waals surface area contributed by atoms with Crippen LogP contribution < -0.4 is 10.7 Å². The van der Waals surface area contributed by atoms with Crippen molar-refractivity contribution >= 4 is 29.1 Å². The first kappa shape index (κ1) is 17.6. The SMILES string of the molecule is CC(=NNC(=O)CNC(=O)c1ccccc1F)c1ccc(Cl)cc1. The molecule has 0 heterocycles. The van der Waals surface area contributed by atoms with Crippen LogP contribution in [0.4, 0.5) is 4.39 Å². The minimum absolute atomic E-state index is 0.119. The summed E-state index contributed by atoms with van der Waals surface area (Å²) in [4.78, 5) is 23.5. The Morgan fingerprint density at radius 2 is 1.79 bits per heavy atom. The molecule has 124 valence electrons. The lowest BCUT2D eigenvalue weighted by atomic mass is 10.1. The van der Waals surface area contributed by atoms with E-state index in [1.165, 1.54) is 24.3 Å². The van der Waals surface area contributed by atoms with Gasteiger partial charge in [0.15, 0.2) is 0 Å². The fourth-order valence-corrected chi connectivity index (χ4v) is 1.97. The second-order valence-corrected chi connectivity index (χ2v) is 5.34.